The molecule has 2 heteroatoms. The van der Waals surface area contributed by atoms with Crippen molar-refractivity contribution >= 4 is 5.78 Å². The second kappa shape index (κ2) is 7.22. The van der Waals surface area contributed by atoms with Crippen molar-refractivity contribution in [3.05, 3.63) is 36.5 Å². The largest absolute Gasteiger partial charge is 0.297 e. The zero-order chi connectivity index (χ0) is 15.3. The molecule has 0 N–H and O–H groups in total. The van der Waals surface area contributed by atoms with Crippen LogP contribution in [0.3, 0.4) is 0 Å². The quantitative estimate of drug-likeness (QED) is 0.713. The number of carbonyl (C=O) groups excluding carboxylic acids is 1. The van der Waals surface area contributed by atoms with Crippen molar-refractivity contribution in [2.75, 3.05) is 6.54 Å². The van der Waals surface area contributed by atoms with Gasteiger partial charge in [0.2, 0.25) is 0 Å². The lowest BCUT2D eigenvalue weighted by molar-refractivity contribution is -0.134. The number of Topliss-reactive ketones (excluding diaryl/α,β-unsaturated/α-hetero) is 1. The Hall–Kier alpha value is -1.15. The molecule has 0 bridgehead atoms. The van der Waals surface area contributed by atoms with Crippen LogP contribution in [-0.2, 0) is 4.79 Å². The molecule has 1 saturated heterocycles. The Bertz CT molecular complexity index is 448. The van der Waals surface area contributed by atoms with Gasteiger partial charge in [-0.2, -0.15) is 0 Å². The molecule has 0 amide bonds. The molecular weight excluding hydrogens is 258 g/mol. The van der Waals surface area contributed by atoms with Crippen LogP contribution >= 0.6 is 0 Å². The van der Waals surface area contributed by atoms with Crippen molar-refractivity contribution < 1.29 is 4.79 Å². The van der Waals surface area contributed by atoms with E-state index >= 15 is 0 Å². The molecule has 2 aliphatic rings. The summed E-state index contributed by atoms with van der Waals surface area (Å²) in [6, 6.07) is 0.479. The van der Waals surface area contributed by atoms with Gasteiger partial charge in [-0.25, -0.2) is 0 Å². The van der Waals surface area contributed by atoms with Gasteiger partial charge in [-0.05, 0) is 51.6 Å². The number of ketones is 1. The molecule has 2 rings (SSSR count). The molecular formula is C19H29NO. The van der Waals surface area contributed by atoms with Crippen LogP contribution in [0, 0.1) is 0 Å². The second-order valence-corrected chi connectivity index (χ2v) is 6.44. The Balaban J connectivity index is 2.33. The molecule has 116 valence electrons. The smallest absolute Gasteiger partial charge is 0.157 e. The van der Waals surface area contributed by atoms with Crippen LogP contribution in [0.2, 0.25) is 0 Å². The SMILES string of the molecule is C=C(/C=C\C=C/C)[C@@]1(N2CCCCC2C)CCCCC1=O. The molecule has 1 aliphatic carbocycles. The van der Waals surface area contributed by atoms with Crippen LogP contribution in [-0.4, -0.2) is 28.8 Å². The van der Waals surface area contributed by atoms with Gasteiger partial charge in [-0.15, -0.1) is 0 Å². The molecule has 0 aromatic heterocycles. The number of nitrogens with zero attached hydrogens (tertiary/aromatic N) is 1. The molecule has 2 fully saturated rings. The minimum atomic E-state index is -0.434. The molecule has 0 aromatic rings. The van der Waals surface area contributed by atoms with Crippen LogP contribution < -0.4 is 0 Å². The standard InChI is InChI=1S/C19H29NO/c1-4-5-6-11-16(2)19(14-9-7-13-18(19)21)20-15-10-8-12-17(20)3/h4-6,11,17H,2,7-10,12-15H2,1,3H3/b5-4-,11-6-/t17?,19-/m0/s1. The molecule has 2 nitrogen and oxygen atoms in total. The normalized spacial score (nSPS) is 32.1. The van der Waals surface area contributed by atoms with E-state index in [-0.39, 0.29) is 0 Å². The summed E-state index contributed by atoms with van der Waals surface area (Å²) in [6.07, 6.45) is 15.6. The second-order valence-electron chi connectivity index (χ2n) is 6.44. The first-order valence-electron chi connectivity index (χ1n) is 8.41. The van der Waals surface area contributed by atoms with Crippen LogP contribution in [0.25, 0.3) is 0 Å². The van der Waals surface area contributed by atoms with E-state index in [1.807, 2.05) is 31.2 Å². The number of piperidine rings is 1. The predicted octanol–water partition coefficient (Wildman–Crippen LogP) is 4.43. The maximum absolute atomic E-state index is 12.9. The number of hydrogen-bond donors (Lipinski definition) is 0. The van der Waals surface area contributed by atoms with Crippen molar-refractivity contribution in [1.29, 1.82) is 0 Å². The molecule has 1 saturated carbocycles. The highest BCUT2D eigenvalue weighted by Crippen LogP contribution is 2.40. The van der Waals surface area contributed by atoms with Gasteiger partial charge in [0, 0.05) is 12.5 Å². The zero-order valence-electron chi connectivity index (χ0n) is 13.6. The molecule has 0 aromatic carbocycles. The average Bonchev–Trinajstić information content (AvgIpc) is 2.49. The van der Waals surface area contributed by atoms with Gasteiger partial charge >= 0.3 is 0 Å². The van der Waals surface area contributed by atoms with Crippen molar-refractivity contribution in [1.82, 2.24) is 4.90 Å². The van der Waals surface area contributed by atoms with Crippen molar-refractivity contribution in [3.8, 4) is 0 Å². The molecule has 21 heavy (non-hydrogen) atoms. The predicted molar refractivity (Wildman–Crippen MR) is 89.3 cm³/mol. The summed E-state index contributed by atoms with van der Waals surface area (Å²) in [4.78, 5) is 15.3. The molecule has 1 aliphatic heterocycles. The first-order chi connectivity index (χ1) is 10.1. The summed E-state index contributed by atoms with van der Waals surface area (Å²) >= 11 is 0. The fraction of sp³-hybridized carbons (Fsp3) is 0.632. The average molecular weight is 287 g/mol. The Morgan fingerprint density at radius 2 is 2.10 bits per heavy atom. The fourth-order valence-corrected chi connectivity index (χ4v) is 3.93. The van der Waals surface area contributed by atoms with E-state index in [1.165, 1.54) is 19.3 Å². The maximum atomic E-state index is 12.9. The highest BCUT2D eigenvalue weighted by Gasteiger charge is 2.48. The van der Waals surface area contributed by atoms with E-state index in [2.05, 4.69) is 18.4 Å². The lowest BCUT2D eigenvalue weighted by Gasteiger charge is -2.50. The third-order valence-electron chi connectivity index (χ3n) is 5.08. The van der Waals surface area contributed by atoms with Crippen LogP contribution in [0.15, 0.2) is 36.5 Å². The minimum absolute atomic E-state index is 0.387. The van der Waals surface area contributed by atoms with E-state index < -0.39 is 5.54 Å². The first kappa shape index (κ1) is 16.2. The summed E-state index contributed by atoms with van der Waals surface area (Å²) in [5.41, 5.74) is 0.551. The molecule has 1 unspecified atom stereocenters. The summed E-state index contributed by atoms with van der Waals surface area (Å²) in [5.74, 6) is 0.387. The van der Waals surface area contributed by atoms with Crippen LogP contribution in [0.1, 0.15) is 58.8 Å². The van der Waals surface area contributed by atoms with E-state index in [0.717, 1.165) is 31.4 Å². The van der Waals surface area contributed by atoms with Gasteiger partial charge < -0.3 is 0 Å². The highest BCUT2D eigenvalue weighted by molar-refractivity contribution is 5.93. The number of carbonyl (C=O) groups is 1. The van der Waals surface area contributed by atoms with E-state index in [0.29, 0.717) is 18.2 Å². The Morgan fingerprint density at radius 1 is 1.29 bits per heavy atom. The lowest BCUT2D eigenvalue weighted by atomic mass is 9.72. The molecule has 0 radical (unpaired) electrons. The topological polar surface area (TPSA) is 20.3 Å². The Labute approximate surface area is 129 Å². The fourth-order valence-electron chi connectivity index (χ4n) is 3.93. The van der Waals surface area contributed by atoms with Crippen molar-refractivity contribution in [2.24, 2.45) is 0 Å². The van der Waals surface area contributed by atoms with Crippen LogP contribution in [0.5, 0.6) is 0 Å². The lowest BCUT2D eigenvalue weighted by Crippen LogP contribution is -2.61. The van der Waals surface area contributed by atoms with Crippen LogP contribution in [0.4, 0.5) is 0 Å². The summed E-state index contributed by atoms with van der Waals surface area (Å²) in [7, 11) is 0. The third kappa shape index (κ3) is 3.21. The van der Waals surface area contributed by atoms with Gasteiger partial charge in [-0.1, -0.05) is 43.7 Å². The molecule has 1 heterocycles. The summed E-state index contributed by atoms with van der Waals surface area (Å²) in [5, 5.41) is 0. The van der Waals surface area contributed by atoms with Gasteiger partial charge in [0.25, 0.3) is 0 Å². The number of hydrogen-bond acceptors (Lipinski definition) is 2. The van der Waals surface area contributed by atoms with Gasteiger partial charge in [0.1, 0.15) is 5.54 Å². The van der Waals surface area contributed by atoms with E-state index in [9.17, 15) is 4.79 Å². The van der Waals surface area contributed by atoms with Crippen molar-refractivity contribution in [3.63, 3.8) is 0 Å². The number of rotatable bonds is 4. The monoisotopic (exact) mass is 287 g/mol. The highest BCUT2D eigenvalue weighted by atomic mass is 16.1. The maximum Gasteiger partial charge on any atom is 0.157 e. The number of likely N-dealkylation sites (tertiary alicyclic amines) is 1. The summed E-state index contributed by atoms with van der Waals surface area (Å²) < 4.78 is 0. The summed E-state index contributed by atoms with van der Waals surface area (Å²) in [6.45, 7) is 9.60. The molecule has 2 atom stereocenters. The van der Waals surface area contributed by atoms with Gasteiger partial charge in [0.15, 0.2) is 5.78 Å². The van der Waals surface area contributed by atoms with Gasteiger partial charge in [0.05, 0.1) is 0 Å². The Kier molecular flexibility index (Phi) is 5.58. The van der Waals surface area contributed by atoms with E-state index in [1.54, 1.807) is 0 Å². The third-order valence-corrected chi connectivity index (χ3v) is 5.08. The minimum Gasteiger partial charge on any atom is -0.297 e. The van der Waals surface area contributed by atoms with E-state index in [4.69, 9.17) is 0 Å². The van der Waals surface area contributed by atoms with Crippen molar-refractivity contribution in [2.45, 2.75) is 70.4 Å². The van der Waals surface area contributed by atoms with Gasteiger partial charge in [-0.3, -0.25) is 9.69 Å². The Morgan fingerprint density at radius 3 is 2.76 bits per heavy atom. The zero-order valence-corrected chi connectivity index (χ0v) is 13.6. The number of allylic oxidation sites excluding steroid dienone is 3. The molecule has 0 spiro atoms. The first-order valence-corrected chi connectivity index (χ1v) is 8.41.